The number of nitrogen functional groups attached to an aromatic ring is 1. The molecule has 1 aromatic heterocycles. The van der Waals surface area contributed by atoms with Crippen LogP contribution in [0.25, 0.3) is 0 Å². The van der Waals surface area contributed by atoms with Gasteiger partial charge in [0.1, 0.15) is 11.5 Å². The lowest BCUT2D eigenvalue weighted by atomic mass is 9.92. The van der Waals surface area contributed by atoms with E-state index in [-0.39, 0.29) is 24.5 Å². The highest BCUT2D eigenvalue weighted by Crippen LogP contribution is 2.38. The number of fused-ring (bicyclic) bond motifs is 1. The van der Waals surface area contributed by atoms with Crippen LogP contribution < -0.4 is 16.2 Å². The first-order chi connectivity index (χ1) is 12.6. The summed E-state index contributed by atoms with van der Waals surface area (Å²) in [5.41, 5.74) is 3.46. The molecule has 0 aliphatic carbocycles. The van der Waals surface area contributed by atoms with Crippen LogP contribution in [0.15, 0.2) is 35.5 Å². The minimum atomic E-state index is -0.974. The molecule has 0 amide bonds. The van der Waals surface area contributed by atoms with Gasteiger partial charge in [0.25, 0.3) is 0 Å². The maximum Gasteiger partial charge on any atom is 0.318 e. The molecule has 3 N–H and O–H groups in total. The SMILES string of the molecule is CCOC(=O)C1CN(c2ccccc2)c2nc(SC)nc(NN)c2C1=O. The number of rotatable bonds is 5. The first-order valence-electron chi connectivity index (χ1n) is 8.06. The van der Waals surface area contributed by atoms with Crippen LogP contribution in [0.1, 0.15) is 17.3 Å². The van der Waals surface area contributed by atoms with Crippen molar-refractivity contribution >= 4 is 40.8 Å². The van der Waals surface area contributed by atoms with Gasteiger partial charge in [-0.1, -0.05) is 30.0 Å². The number of nitrogens with two attached hydrogens (primary N) is 1. The van der Waals surface area contributed by atoms with Crippen LogP contribution in [0.2, 0.25) is 0 Å². The van der Waals surface area contributed by atoms with E-state index in [1.165, 1.54) is 11.8 Å². The molecule has 2 heterocycles. The Balaban J connectivity index is 2.18. The lowest BCUT2D eigenvalue weighted by Gasteiger charge is -2.33. The molecule has 2 aromatic rings. The first kappa shape index (κ1) is 18.2. The zero-order valence-electron chi connectivity index (χ0n) is 14.4. The molecule has 136 valence electrons. The highest BCUT2D eigenvalue weighted by Gasteiger charge is 2.41. The maximum absolute atomic E-state index is 13.0. The Morgan fingerprint density at radius 1 is 1.38 bits per heavy atom. The molecule has 0 bridgehead atoms. The summed E-state index contributed by atoms with van der Waals surface area (Å²) in [6, 6.07) is 9.42. The number of aromatic nitrogens is 2. The predicted octanol–water partition coefficient (Wildman–Crippen LogP) is 2.00. The number of nitrogens with zero attached hydrogens (tertiary/aromatic N) is 3. The van der Waals surface area contributed by atoms with Gasteiger partial charge in [0.2, 0.25) is 0 Å². The van der Waals surface area contributed by atoms with Gasteiger partial charge in [0.05, 0.1) is 6.61 Å². The van der Waals surface area contributed by atoms with E-state index >= 15 is 0 Å². The van der Waals surface area contributed by atoms with E-state index in [4.69, 9.17) is 10.6 Å². The Labute approximate surface area is 155 Å². The number of para-hydroxylation sites is 1. The first-order valence-corrected chi connectivity index (χ1v) is 9.29. The Morgan fingerprint density at radius 2 is 2.12 bits per heavy atom. The summed E-state index contributed by atoms with van der Waals surface area (Å²) < 4.78 is 5.09. The number of thioether (sulfide) groups is 1. The average molecular weight is 373 g/mol. The molecule has 3 rings (SSSR count). The van der Waals surface area contributed by atoms with Gasteiger partial charge >= 0.3 is 5.97 Å². The number of ketones is 1. The largest absolute Gasteiger partial charge is 0.465 e. The van der Waals surface area contributed by atoms with Crippen LogP contribution >= 0.6 is 11.8 Å². The van der Waals surface area contributed by atoms with Crippen LogP contribution in [-0.2, 0) is 9.53 Å². The Morgan fingerprint density at radius 3 is 2.73 bits per heavy atom. The average Bonchev–Trinajstić information content (AvgIpc) is 2.68. The molecule has 8 nitrogen and oxygen atoms in total. The maximum atomic E-state index is 13.0. The van der Waals surface area contributed by atoms with Gasteiger partial charge in [-0.2, -0.15) is 0 Å². The molecule has 0 saturated heterocycles. The van der Waals surface area contributed by atoms with Crippen molar-refractivity contribution in [2.45, 2.75) is 12.1 Å². The molecule has 1 unspecified atom stereocenters. The minimum absolute atomic E-state index is 0.142. The molecule has 0 radical (unpaired) electrons. The fraction of sp³-hybridized carbons (Fsp3) is 0.294. The highest BCUT2D eigenvalue weighted by atomic mass is 32.2. The Bertz CT molecular complexity index is 831. The molecular weight excluding hydrogens is 354 g/mol. The van der Waals surface area contributed by atoms with Crippen LogP contribution in [-0.4, -0.2) is 41.1 Å². The van der Waals surface area contributed by atoms with E-state index in [2.05, 4.69) is 15.4 Å². The number of hydrogen-bond donors (Lipinski definition) is 2. The number of hydrogen-bond acceptors (Lipinski definition) is 9. The van der Waals surface area contributed by atoms with Crippen molar-refractivity contribution in [2.75, 3.05) is 29.7 Å². The molecule has 0 spiro atoms. The summed E-state index contributed by atoms with van der Waals surface area (Å²) in [4.78, 5) is 35.9. The van der Waals surface area contributed by atoms with Gasteiger partial charge < -0.3 is 15.1 Å². The van der Waals surface area contributed by atoms with Gasteiger partial charge in [0.15, 0.2) is 22.6 Å². The number of anilines is 3. The summed E-state index contributed by atoms with van der Waals surface area (Å²) >= 11 is 1.34. The van der Waals surface area contributed by atoms with E-state index in [9.17, 15) is 9.59 Å². The van der Waals surface area contributed by atoms with E-state index in [1.54, 1.807) is 6.92 Å². The Hall–Kier alpha value is -2.65. The van der Waals surface area contributed by atoms with Crippen LogP contribution in [0.5, 0.6) is 0 Å². The molecule has 26 heavy (non-hydrogen) atoms. The number of carbonyl (C=O) groups excluding carboxylic acids is 2. The van der Waals surface area contributed by atoms with Crippen molar-refractivity contribution in [3.05, 3.63) is 35.9 Å². The van der Waals surface area contributed by atoms with Gasteiger partial charge in [-0.15, -0.1) is 0 Å². The number of carbonyl (C=O) groups is 2. The van der Waals surface area contributed by atoms with Crippen LogP contribution in [0, 0.1) is 5.92 Å². The van der Waals surface area contributed by atoms with Crippen molar-refractivity contribution in [3.8, 4) is 0 Å². The van der Waals surface area contributed by atoms with Gasteiger partial charge in [0, 0.05) is 12.2 Å². The number of benzene rings is 1. The zero-order valence-corrected chi connectivity index (χ0v) is 15.2. The standard InChI is InChI=1S/C17H19N5O3S/c1-3-25-16(24)11-9-22(10-7-5-4-6-8-10)15-12(13(11)23)14(21-18)19-17(20-15)26-2/h4-8,11H,3,9,18H2,1-2H3,(H,19,20,21). The second-order valence-electron chi connectivity index (χ2n) is 5.52. The fourth-order valence-electron chi connectivity index (χ4n) is 2.83. The molecule has 1 aliphatic heterocycles. The number of Topliss-reactive ketones (excluding diaryl/α,β-unsaturated/α-hetero) is 1. The van der Waals surface area contributed by atoms with E-state index < -0.39 is 17.7 Å². The smallest absolute Gasteiger partial charge is 0.318 e. The quantitative estimate of drug-likeness (QED) is 0.203. The van der Waals surface area contributed by atoms with Gasteiger partial charge in [-0.05, 0) is 25.3 Å². The lowest BCUT2D eigenvalue weighted by molar-refractivity contribution is -0.145. The van der Waals surface area contributed by atoms with Crippen LogP contribution in [0.4, 0.5) is 17.3 Å². The predicted molar refractivity (Wildman–Crippen MR) is 99.5 cm³/mol. The lowest BCUT2D eigenvalue weighted by Crippen LogP contribution is -2.42. The monoisotopic (exact) mass is 373 g/mol. The second-order valence-corrected chi connectivity index (χ2v) is 6.29. The molecule has 0 fully saturated rings. The summed E-state index contributed by atoms with van der Waals surface area (Å²) in [6.45, 7) is 2.04. The second kappa shape index (κ2) is 7.71. The topological polar surface area (TPSA) is 110 Å². The van der Waals surface area contributed by atoms with E-state index in [0.717, 1.165) is 5.69 Å². The number of nitrogens with one attached hydrogen (secondary N) is 1. The van der Waals surface area contributed by atoms with Crippen molar-refractivity contribution in [2.24, 2.45) is 11.8 Å². The molecular formula is C17H19N5O3S. The number of esters is 1. The molecule has 1 aliphatic rings. The van der Waals surface area contributed by atoms with E-state index in [0.29, 0.717) is 11.0 Å². The third-order valence-corrected chi connectivity index (χ3v) is 4.56. The third-order valence-electron chi connectivity index (χ3n) is 4.01. The fourth-order valence-corrected chi connectivity index (χ4v) is 3.19. The van der Waals surface area contributed by atoms with Crippen LogP contribution in [0.3, 0.4) is 0 Å². The molecule has 9 heteroatoms. The number of hydrazine groups is 1. The van der Waals surface area contributed by atoms with Crippen molar-refractivity contribution in [3.63, 3.8) is 0 Å². The van der Waals surface area contributed by atoms with Gasteiger partial charge in [-0.25, -0.2) is 15.8 Å². The molecule has 1 atom stereocenters. The minimum Gasteiger partial charge on any atom is -0.465 e. The summed E-state index contributed by atoms with van der Waals surface area (Å²) in [5.74, 6) is 4.27. The third kappa shape index (κ3) is 3.23. The van der Waals surface area contributed by atoms with Gasteiger partial charge in [-0.3, -0.25) is 9.59 Å². The molecule has 0 saturated carbocycles. The zero-order chi connectivity index (χ0) is 18.7. The number of ether oxygens (including phenoxy) is 1. The highest BCUT2D eigenvalue weighted by molar-refractivity contribution is 7.98. The van der Waals surface area contributed by atoms with E-state index in [1.807, 2.05) is 41.5 Å². The summed E-state index contributed by atoms with van der Waals surface area (Å²) in [6.07, 6.45) is 1.83. The van der Waals surface area contributed by atoms with Crippen molar-refractivity contribution in [1.82, 2.24) is 9.97 Å². The van der Waals surface area contributed by atoms with Crippen molar-refractivity contribution < 1.29 is 14.3 Å². The summed E-state index contributed by atoms with van der Waals surface area (Å²) in [5, 5.41) is 0.472. The van der Waals surface area contributed by atoms with Crippen molar-refractivity contribution in [1.29, 1.82) is 0 Å². The summed E-state index contributed by atoms with van der Waals surface area (Å²) in [7, 11) is 0. The molecule has 1 aromatic carbocycles. The Kier molecular flexibility index (Phi) is 5.38. The normalized spacial score (nSPS) is 16.2.